The van der Waals surface area contributed by atoms with Gasteiger partial charge in [-0.15, -0.1) is 0 Å². The monoisotopic (exact) mass is 302 g/mol. The fraction of sp³-hybridized carbons (Fsp3) is 0.0769. The molecular formula is C13H11BrN4. The lowest BCUT2D eigenvalue weighted by molar-refractivity contribution is 1.28. The van der Waals surface area contributed by atoms with Crippen molar-refractivity contribution in [3.8, 4) is 11.4 Å². The molecule has 0 aliphatic carbocycles. The molecule has 0 atom stereocenters. The lowest BCUT2D eigenvalue weighted by Gasteiger charge is -1.98. The Balaban J connectivity index is 2.17. The van der Waals surface area contributed by atoms with Gasteiger partial charge in [-0.25, -0.2) is 9.97 Å². The zero-order valence-corrected chi connectivity index (χ0v) is 11.3. The summed E-state index contributed by atoms with van der Waals surface area (Å²) >= 11 is 3.53. The van der Waals surface area contributed by atoms with Gasteiger partial charge in [0.1, 0.15) is 11.6 Å². The number of hydrogen-bond acceptors (Lipinski definition) is 3. The third kappa shape index (κ3) is 1.86. The van der Waals surface area contributed by atoms with E-state index in [4.69, 9.17) is 0 Å². The number of pyridine rings is 1. The number of aromatic nitrogens is 3. The molecule has 2 N–H and O–H groups in total. The SMILES string of the molecule is CNc1ccc2[nH]c(-c3ccccc3Br)nc2n1. The number of H-pyrrole nitrogens is 1. The predicted octanol–water partition coefficient (Wildman–Crippen LogP) is 3.43. The number of imidazole rings is 1. The number of benzene rings is 1. The van der Waals surface area contributed by atoms with E-state index in [-0.39, 0.29) is 0 Å². The maximum absolute atomic E-state index is 4.52. The van der Waals surface area contributed by atoms with Gasteiger partial charge in [0.2, 0.25) is 0 Å². The van der Waals surface area contributed by atoms with Crippen LogP contribution in [0.3, 0.4) is 0 Å². The number of fused-ring (bicyclic) bond motifs is 1. The zero-order valence-electron chi connectivity index (χ0n) is 9.74. The van der Waals surface area contributed by atoms with E-state index in [1.54, 1.807) is 0 Å². The van der Waals surface area contributed by atoms with Gasteiger partial charge >= 0.3 is 0 Å². The fourth-order valence-electron chi connectivity index (χ4n) is 1.81. The largest absolute Gasteiger partial charge is 0.373 e. The summed E-state index contributed by atoms with van der Waals surface area (Å²) in [6.45, 7) is 0. The number of nitrogens with one attached hydrogen (secondary N) is 2. The second-order valence-electron chi connectivity index (χ2n) is 3.88. The molecule has 1 aromatic carbocycles. The normalized spacial score (nSPS) is 10.8. The minimum atomic E-state index is 0.715. The Kier molecular flexibility index (Phi) is 2.76. The first-order valence-electron chi connectivity index (χ1n) is 5.57. The lowest BCUT2D eigenvalue weighted by atomic mass is 10.2. The van der Waals surface area contributed by atoms with E-state index in [0.29, 0.717) is 5.65 Å². The van der Waals surface area contributed by atoms with Gasteiger partial charge in [-0.05, 0) is 18.2 Å². The highest BCUT2D eigenvalue weighted by Crippen LogP contribution is 2.27. The van der Waals surface area contributed by atoms with Crippen LogP contribution < -0.4 is 5.32 Å². The highest BCUT2D eigenvalue weighted by molar-refractivity contribution is 9.10. The molecule has 3 rings (SSSR count). The zero-order chi connectivity index (χ0) is 12.5. The van der Waals surface area contributed by atoms with Crippen molar-refractivity contribution in [3.05, 3.63) is 40.9 Å². The summed E-state index contributed by atoms with van der Waals surface area (Å²) in [4.78, 5) is 12.2. The molecule has 0 saturated carbocycles. The van der Waals surface area contributed by atoms with Crippen molar-refractivity contribution in [2.24, 2.45) is 0 Å². The molecule has 0 unspecified atom stereocenters. The van der Waals surface area contributed by atoms with Gasteiger partial charge < -0.3 is 10.3 Å². The van der Waals surface area contributed by atoms with Crippen LogP contribution in [0.2, 0.25) is 0 Å². The number of aromatic amines is 1. The van der Waals surface area contributed by atoms with Crippen molar-refractivity contribution in [2.75, 3.05) is 12.4 Å². The van der Waals surface area contributed by atoms with E-state index >= 15 is 0 Å². The van der Waals surface area contributed by atoms with Crippen molar-refractivity contribution in [1.82, 2.24) is 15.0 Å². The maximum Gasteiger partial charge on any atom is 0.180 e. The second kappa shape index (κ2) is 4.42. The second-order valence-corrected chi connectivity index (χ2v) is 4.74. The Morgan fingerprint density at radius 3 is 2.72 bits per heavy atom. The highest BCUT2D eigenvalue weighted by Gasteiger charge is 2.09. The van der Waals surface area contributed by atoms with Crippen LogP contribution >= 0.6 is 15.9 Å². The van der Waals surface area contributed by atoms with E-state index in [9.17, 15) is 0 Å². The standard InChI is InChI=1S/C13H11BrN4/c1-15-11-7-6-10-13(17-11)18-12(16-10)8-4-2-3-5-9(8)14/h2-7H,1H3,(H2,15,16,17,18). The Bertz CT molecular complexity index is 705. The molecule has 90 valence electrons. The lowest BCUT2D eigenvalue weighted by Crippen LogP contribution is -1.91. The Labute approximate surface area is 113 Å². The van der Waals surface area contributed by atoms with Crippen LogP contribution in [0.1, 0.15) is 0 Å². The molecule has 5 heteroatoms. The van der Waals surface area contributed by atoms with Crippen LogP contribution in [0, 0.1) is 0 Å². The smallest absolute Gasteiger partial charge is 0.180 e. The van der Waals surface area contributed by atoms with Crippen LogP contribution in [0.15, 0.2) is 40.9 Å². The van der Waals surface area contributed by atoms with Crippen molar-refractivity contribution < 1.29 is 0 Å². The van der Waals surface area contributed by atoms with E-state index in [0.717, 1.165) is 27.2 Å². The van der Waals surface area contributed by atoms with Gasteiger partial charge in [-0.2, -0.15) is 0 Å². The van der Waals surface area contributed by atoms with Crippen LogP contribution in [-0.2, 0) is 0 Å². The Morgan fingerprint density at radius 2 is 1.94 bits per heavy atom. The van der Waals surface area contributed by atoms with Crippen LogP contribution in [0.25, 0.3) is 22.6 Å². The minimum Gasteiger partial charge on any atom is -0.373 e. The van der Waals surface area contributed by atoms with E-state index in [1.165, 1.54) is 0 Å². The number of nitrogens with zero attached hydrogens (tertiary/aromatic N) is 2. The van der Waals surface area contributed by atoms with E-state index < -0.39 is 0 Å². The first-order valence-corrected chi connectivity index (χ1v) is 6.36. The average Bonchev–Trinajstić information content (AvgIpc) is 2.81. The van der Waals surface area contributed by atoms with E-state index in [2.05, 4.69) is 36.2 Å². The molecule has 0 radical (unpaired) electrons. The van der Waals surface area contributed by atoms with Crippen LogP contribution in [0.4, 0.5) is 5.82 Å². The van der Waals surface area contributed by atoms with Gasteiger partial charge in [0.25, 0.3) is 0 Å². The van der Waals surface area contributed by atoms with Crippen molar-refractivity contribution in [1.29, 1.82) is 0 Å². The van der Waals surface area contributed by atoms with Crippen molar-refractivity contribution >= 4 is 32.9 Å². The molecule has 3 aromatic rings. The van der Waals surface area contributed by atoms with Gasteiger partial charge in [0, 0.05) is 17.1 Å². The number of halogens is 1. The Hall–Kier alpha value is -1.88. The third-order valence-electron chi connectivity index (χ3n) is 2.73. The number of hydrogen-bond donors (Lipinski definition) is 2. The molecule has 0 amide bonds. The molecule has 2 heterocycles. The van der Waals surface area contributed by atoms with Crippen molar-refractivity contribution in [3.63, 3.8) is 0 Å². The van der Waals surface area contributed by atoms with Gasteiger partial charge in [0.05, 0.1) is 5.52 Å². The molecule has 4 nitrogen and oxygen atoms in total. The van der Waals surface area contributed by atoms with Crippen molar-refractivity contribution in [2.45, 2.75) is 0 Å². The predicted molar refractivity (Wildman–Crippen MR) is 76.6 cm³/mol. The first-order chi connectivity index (χ1) is 8.78. The molecule has 0 fully saturated rings. The van der Waals surface area contributed by atoms with Gasteiger partial charge in [0.15, 0.2) is 5.65 Å². The summed E-state index contributed by atoms with van der Waals surface area (Å²) in [6.07, 6.45) is 0. The maximum atomic E-state index is 4.52. The summed E-state index contributed by atoms with van der Waals surface area (Å²) in [5.41, 5.74) is 2.67. The Morgan fingerprint density at radius 1 is 1.11 bits per heavy atom. The van der Waals surface area contributed by atoms with Crippen LogP contribution in [0.5, 0.6) is 0 Å². The molecule has 2 aromatic heterocycles. The van der Waals surface area contributed by atoms with Gasteiger partial charge in [-0.1, -0.05) is 34.1 Å². The summed E-state index contributed by atoms with van der Waals surface area (Å²) in [6, 6.07) is 11.9. The van der Waals surface area contributed by atoms with Crippen LogP contribution in [-0.4, -0.2) is 22.0 Å². The summed E-state index contributed by atoms with van der Waals surface area (Å²) in [5.74, 6) is 1.63. The fourth-order valence-corrected chi connectivity index (χ4v) is 2.29. The molecular weight excluding hydrogens is 292 g/mol. The molecule has 18 heavy (non-hydrogen) atoms. The molecule has 0 spiro atoms. The number of rotatable bonds is 2. The first kappa shape index (κ1) is 11.2. The molecule has 0 aliphatic heterocycles. The van der Waals surface area contributed by atoms with Gasteiger partial charge in [-0.3, -0.25) is 0 Å². The minimum absolute atomic E-state index is 0.715. The molecule has 0 aliphatic rings. The quantitative estimate of drug-likeness (QED) is 0.762. The average molecular weight is 303 g/mol. The number of anilines is 1. The molecule has 0 bridgehead atoms. The molecule has 0 saturated heterocycles. The topological polar surface area (TPSA) is 53.6 Å². The third-order valence-corrected chi connectivity index (χ3v) is 3.42. The van der Waals surface area contributed by atoms with E-state index in [1.807, 2.05) is 43.4 Å². The summed E-state index contributed by atoms with van der Waals surface area (Å²) in [5, 5.41) is 3.01. The highest BCUT2D eigenvalue weighted by atomic mass is 79.9. The summed E-state index contributed by atoms with van der Waals surface area (Å²) < 4.78 is 1.01. The summed E-state index contributed by atoms with van der Waals surface area (Å²) in [7, 11) is 1.84.